The van der Waals surface area contributed by atoms with E-state index in [2.05, 4.69) is 111 Å². The molecule has 0 aliphatic heterocycles. The van der Waals surface area contributed by atoms with E-state index in [0.717, 1.165) is 11.8 Å². The third-order valence-corrected chi connectivity index (χ3v) is 7.30. The number of rotatable bonds is 14. The summed E-state index contributed by atoms with van der Waals surface area (Å²) < 4.78 is 7.23. The maximum absolute atomic E-state index is 7.23. The zero-order valence-corrected chi connectivity index (χ0v) is 27.5. The first-order valence-electron chi connectivity index (χ1n) is 15.1. The summed E-state index contributed by atoms with van der Waals surface area (Å²) in [6.07, 6.45) is 10.7. The van der Waals surface area contributed by atoms with Gasteiger partial charge in [0.2, 0.25) is 0 Å². The normalized spacial score (nSPS) is 19.2. The van der Waals surface area contributed by atoms with Crippen LogP contribution in [0.5, 0.6) is 0 Å². The van der Waals surface area contributed by atoms with Crippen molar-refractivity contribution in [2.45, 2.75) is 174 Å². The van der Waals surface area contributed by atoms with Crippen molar-refractivity contribution in [3.63, 3.8) is 0 Å². The molecule has 0 aromatic rings. The van der Waals surface area contributed by atoms with E-state index in [1.165, 1.54) is 51.4 Å². The molecule has 0 aromatic heterocycles. The molecule has 0 N–H and O–H groups in total. The van der Waals surface area contributed by atoms with Crippen LogP contribution in [-0.2, 0) is 4.74 Å². The van der Waals surface area contributed by atoms with E-state index in [4.69, 9.17) is 4.74 Å². The Morgan fingerprint density at radius 3 is 0.886 bits per heavy atom. The summed E-state index contributed by atoms with van der Waals surface area (Å²) in [6, 6.07) is 0. The molecule has 6 atom stereocenters. The highest BCUT2D eigenvalue weighted by Gasteiger charge is 2.31. The summed E-state index contributed by atoms with van der Waals surface area (Å²) in [5, 5.41) is 0. The van der Waals surface area contributed by atoms with Crippen molar-refractivity contribution in [3.8, 4) is 0 Å². The van der Waals surface area contributed by atoms with Gasteiger partial charge in [0.25, 0.3) is 0 Å². The summed E-state index contributed by atoms with van der Waals surface area (Å²) in [5.74, 6) is 2.68. The summed E-state index contributed by atoms with van der Waals surface area (Å²) in [7, 11) is 0. The summed E-state index contributed by atoms with van der Waals surface area (Å²) in [4.78, 5) is 0. The fraction of sp³-hybridized carbons (Fsp3) is 1.00. The first-order chi connectivity index (χ1) is 15.5. The molecule has 1 nitrogen and oxygen atoms in total. The van der Waals surface area contributed by atoms with Gasteiger partial charge in [-0.15, -0.1) is 0 Å². The molecule has 6 unspecified atom stereocenters. The molecule has 212 valence electrons. The molecular weight excluding hydrogens is 424 g/mol. The van der Waals surface area contributed by atoms with Crippen LogP contribution in [0.2, 0.25) is 0 Å². The highest BCUT2D eigenvalue weighted by atomic mass is 16.5. The van der Waals surface area contributed by atoms with Gasteiger partial charge in [0.15, 0.2) is 0 Å². The molecule has 0 bridgehead atoms. The van der Waals surface area contributed by atoms with Crippen molar-refractivity contribution < 1.29 is 4.74 Å². The van der Waals surface area contributed by atoms with E-state index in [1.54, 1.807) is 0 Å². The molecule has 0 rings (SSSR count). The fourth-order valence-corrected chi connectivity index (χ4v) is 6.59. The van der Waals surface area contributed by atoms with Crippen LogP contribution in [-0.4, -0.2) is 12.2 Å². The third kappa shape index (κ3) is 19.7. The van der Waals surface area contributed by atoms with Gasteiger partial charge in [-0.25, -0.2) is 0 Å². The van der Waals surface area contributed by atoms with Gasteiger partial charge in [-0.2, -0.15) is 0 Å². The zero-order valence-electron chi connectivity index (χ0n) is 27.5. The Labute approximate surface area is 224 Å². The lowest BCUT2D eigenvalue weighted by Crippen LogP contribution is -2.35. The van der Waals surface area contributed by atoms with Crippen LogP contribution in [0.1, 0.15) is 162 Å². The number of hydrogen-bond acceptors (Lipinski definition) is 1. The second kappa shape index (κ2) is 14.2. The monoisotopic (exact) mass is 495 g/mol. The first kappa shape index (κ1) is 35.0. The molecule has 0 saturated heterocycles. The van der Waals surface area contributed by atoms with Gasteiger partial charge in [0, 0.05) is 0 Å². The summed E-state index contributed by atoms with van der Waals surface area (Å²) >= 11 is 0. The Morgan fingerprint density at radius 2 is 0.657 bits per heavy atom. The van der Waals surface area contributed by atoms with Crippen molar-refractivity contribution >= 4 is 0 Å². The zero-order chi connectivity index (χ0) is 27.8. The molecule has 0 fully saturated rings. The smallest absolute Gasteiger partial charge is 0.0604 e. The maximum atomic E-state index is 7.23. The predicted molar refractivity (Wildman–Crippen MR) is 160 cm³/mol. The highest BCUT2D eigenvalue weighted by molar-refractivity contribution is 4.80. The summed E-state index contributed by atoms with van der Waals surface area (Å²) in [6.45, 7) is 38.4. The van der Waals surface area contributed by atoms with E-state index in [0.29, 0.717) is 45.7 Å². The largest absolute Gasteiger partial charge is 0.374 e. The van der Waals surface area contributed by atoms with E-state index in [9.17, 15) is 0 Å². The average Bonchev–Trinajstić information content (AvgIpc) is 2.54. The quantitative estimate of drug-likeness (QED) is 0.233. The van der Waals surface area contributed by atoms with Crippen LogP contribution in [0.4, 0.5) is 0 Å². The van der Waals surface area contributed by atoms with E-state index in [-0.39, 0.29) is 0 Å². The average molecular weight is 495 g/mol. The molecule has 0 radical (unpaired) electrons. The Hall–Kier alpha value is -0.0400. The van der Waals surface area contributed by atoms with E-state index >= 15 is 0 Å². The lowest BCUT2D eigenvalue weighted by Gasteiger charge is -2.37. The summed E-state index contributed by atoms with van der Waals surface area (Å²) in [5.41, 5.74) is 1.48. The number of hydrogen-bond donors (Lipinski definition) is 0. The van der Waals surface area contributed by atoms with Crippen LogP contribution in [0.3, 0.4) is 0 Å². The second-order valence-electron chi connectivity index (χ2n) is 17.6. The van der Waals surface area contributed by atoms with Gasteiger partial charge >= 0.3 is 0 Å². The van der Waals surface area contributed by atoms with E-state index in [1.807, 2.05) is 0 Å². The second-order valence-corrected chi connectivity index (χ2v) is 17.6. The van der Waals surface area contributed by atoms with Crippen molar-refractivity contribution in [2.75, 3.05) is 0 Å². The minimum absolute atomic E-state index is 0.339. The molecule has 0 heterocycles. The minimum Gasteiger partial charge on any atom is -0.374 e. The van der Waals surface area contributed by atoms with Crippen LogP contribution in [0, 0.1) is 45.3 Å². The van der Waals surface area contributed by atoms with Gasteiger partial charge in [0.1, 0.15) is 0 Å². The maximum Gasteiger partial charge on any atom is 0.0604 e. The molecule has 1 heteroatoms. The Morgan fingerprint density at radius 1 is 0.400 bits per heavy atom. The number of ether oxygens (including phenoxy) is 1. The standard InChI is InChI=1S/C34H70O/c1-25(21-31(5,6)7)17-19-29(27(3)23-33(11,12)13)35-30(28(4)24-34(14,15)16)20-18-26(2)22-32(8,9)10/h25-30H,17-24H2,1-16H3. The van der Waals surface area contributed by atoms with Gasteiger partial charge in [-0.1, -0.05) is 111 Å². The van der Waals surface area contributed by atoms with Gasteiger partial charge in [0.05, 0.1) is 12.2 Å². The van der Waals surface area contributed by atoms with E-state index < -0.39 is 0 Å². The Kier molecular flexibility index (Phi) is 14.2. The first-order valence-corrected chi connectivity index (χ1v) is 15.1. The minimum atomic E-state index is 0.339. The van der Waals surface area contributed by atoms with Crippen molar-refractivity contribution in [1.82, 2.24) is 0 Å². The SMILES string of the molecule is CC(CCC(OC(CCC(C)CC(C)(C)C)C(C)CC(C)(C)C)C(C)CC(C)(C)C)CC(C)(C)C. The van der Waals surface area contributed by atoms with Crippen molar-refractivity contribution in [3.05, 3.63) is 0 Å². The van der Waals surface area contributed by atoms with Crippen LogP contribution < -0.4 is 0 Å². The molecule has 0 aliphatic rings. The Bertz CT molecular complexity index is 497. The molecular formula is C34H70O. The molecule has 0 aliphatic carbocycles. The highest BCUT2D eigenvalue weighted by Crippen LogP contribution is 2.36. The molecule has 35 heavy (non-hydrogen) atoms. The van der Waals surface area contributed by atoms with Crippen LogP contribution in [0.25, 0.3) is 0 Å². The predicted octanol–water partition coefficient (Wildman–Crippen LogP) is 11.6. The van der Waals surface area contributed by atoms with Crippen molar-refractivity contribution in [1.29, 1.82) is 0 Å². The fourth-order valence-electron chi connectivity index (χ4n) is 6.59. The third-order valence-electron chi connectivity index (χ3n) is 7.30. The van der Waals surface area contributed by atoms with Gasteiger partial charge in [-0.05, 0) is 96.7 Å². The lowest BCUT2D eigenvalue weighted by molar-refractivity contribution is -0.0848. The lowest BCUT2D eigenvalue weighted by atomic mass is 9.78. The van der Waals surface area contributed by atoms with Crippen LogP contribution in [0.15, 0.2) is 0 Å². The molecule has 0 aromatic carbocycles. The van der Waals surface area contributed by atoms with Crippen LogP contribution >= 0.6 is 0 Å². The molecule has 0 amide bonds. The van der Waals surface area contributed by atoms with Gasteiger partial charge < -0.3 is 4.74 Å². The topological polar surface area (TPSA) is 9.23 Å². The molecule has 0 spiro atoms. The Balaban J connectivity index is 5.62. The van der Waals surface area contributed by atoms with Crippen molar-refractivity contribution in [2.24, 2.45) is 45.3 Å². The van der Waals surface area contributed by atoms with Gasteiger partial charge in [-0.3, -0.25) is 0 Å². The molecule has 0 saturated carbocycles.